The third-order valence-electron chi connectivity index (χ3n) is 4.79. The fraction of sp³-hybridized carbons (Fsp3) is 0.474. The van der Waals surface area contributed by atoms with Crippen LogP contribution in [0.3, 0.4) is 0 Å². The lowest BCUT2D eigenvalue weighted by Crippen LogP contribution is -2.45. The van der Waals surface area contributed by atoms with Crippen LogP contribution in [0.25, 0.3) is 0 Å². The lowest BCUT2D eigenvalue weighted by Gasteiger charge is -2.22. The maximum absolute atomic E-state index is 12.9. The van der Waals surface area contributed by atoms with Crippen LogP contribution >= 0.6 is 0 Å². The number of nitrogens with zero attached hydrogens (tertiary/aromatic N) is 2. The number of benzene rings is 1. The lowest BCUT2D eigenvalue weighted by atomic mass is 10.0. The molecule has 1 fully saturated rings. The SMILES string of the molecule is CCCC1CC(C(=O)NC(c2ccccc2OC)c2nccn2C)NN1. The van der Waals surface area contributed by atoms with Gasteiger partial charge in [0.25, 0.3) is 0 Å². The van der Waals surface area contributed by atoms with Gasteiger partial charge in [0, 0.05) is 31.0 Å². The molecule has 0 radical (unpaired) electrons. The Morgan fingerprint density at radius 1 is 1.42 bits per heavy atom. The molecule has 3 unspecified atom stereocenters. The predicted octanol–water partition coefficient (Wildman–Crippen LogP) is 1.67. The van der Waals surface area contributed by atoms with Crippen LogP contribution in [0.2, 0.25) is 0 Å². The van der Waals surface area contributed by atoms with Gasteiger partial charge < -0.3 is 14.6 Å². The van der Waals surface area contributed by atoms with Gasteiger partial charge in [-0.1, -0.05) is 31.5 Å². The summed E-state index contributed by atoms with van der Waals surface area (Å²) >= 11 is 0. The summed E-state index contributed by atoms with van der Waals surface area (Å²) in [7, 11) is 3.55. The average Bonchev–Trinajstić information content (AvgIpc) is 3.29. The van der Waals surface area contributed by atoms with E-state index in [1.54, 1.807) is 13.3 Å². The van der Waals surface area contributed by atoms with E-state index in [2.05, 4.69) is 28.1 Å². The number of amides is 1. The van der Waals surface area contributed by atoms with Crippen molar-refractivity contribution >= 4 is 5.91 Å². The smallest absolute Gasteiger partial charge is 0.239 e. The van der Waals surface area contributed by atoms with E-state index in [-0.39, 0.29) is 18.0 Å². The van der Waals surface area contributed by atoms with Gasteiger partial charge in [-0.2, -0.15) is 0 Å². The third-order valence-corrected chi connectivity index (χ3v) is 4.79. The second-order valence-corrected chi connectivity index (χ2v) is 6.64. The van der Waals surface area contributed by atoms with Crippen molar-refractivity contribution in [2.75, 3.05) is 7.11 Å². The molecular weight excluding hydrogens is 330 g/mol. The Bertz CT molecular complexity index is 745. The Morgan fingerprint density at radius 2 is 2.23 bits per heavy atom. The van der Waals surface area contributed by atoms with Gasteiger partial charge >= 0.3 is 0 Å². The van der Waals surface area contributed by atoms with Crippen LogP contribution in [0.5, 0.6) is 5.75 Å². The summed E-state index contributed by atoms with van der Waals surface area (Å²) in [6.07, 6.45) is 6.52. The summed E-state index contributed by atoms with van der Waals surface area (Å²) in [6, 6.07) is 7.38. The molecule has 26 heavy (non-hydrogen) atoms. The van der Waals surface area contributed by atoms with Gasteiger partial charge in [-0.3, -0.25) is 10.2 Å². The molecule has 1 saturated heterocycles. The molecule has 7 heteroatoms. The lowest BCUT2D eigenvalue weighted by molar-refractivity contribution is -0.123. The Balaban J connectivity index is 1.83. The van der Waals surface area contributed by atoms with Crippen LogP contribution < -0.4 is 20.9 Å². The Labute approximate surface area is 154 Å². The zero-order valence-corrected chi connectivity index (χ0v) is 15.5. The number of hydrogen-bond acceptors (Lipinski definition) is 5. The normalized spacial score (nSPS) is 20.7. The highest BCUT2D eigenvalue weighted by molar-refractivity contribution is 5.83. The van der Waals surface area contributed by atoms with Crippen molar-refractivity contribution in [2.24, 2.45) is 7.05 Å². The number of para-hydroxylation sites is 1. The molecule has 1 amide bonds. The molecular formula is C19H27N5O2. The number of carbonyl (C=O) groups is 1. The molecule has 1 aromatic heterocycles. The molecule has 3 atom stereocenters. The molecule has 0 aliphatic carbocycles. The number of ether oxygens (including phenoxy) is 1. The van der Waals surface area contributed by atoms with Gasteiger partial charge in [0.2, 0.25) is 5.91 Å². The van der Waals surface area contributed by atoms with Crippen LogP contribution in [0.1, 0.15) is 43.6 Å². The van der Waals surface area contributed by atoms with E-state index in [4.69, 9.17) is 4.74 Å². The van der Waals surface area contributed by atoms with Crippen LogP contribution in [-0.2, 0) is 11.8 Å². The minimum atomic E-state index is -0.384. The number of rotatable bonds is 7. The van der Waals surface area contributed by atoms with E-state index in [0.717, 1.165) is 36.4 Å². The van der Waals surface area contributed by atoms with Crippen molar-refractivity contribution in [1.82, 2.24) is 25.7 Å². The number of hydrazine groups is 1. The minimum Gasteiger partial charge on any atom is -0.496 e. The first-order valence-corrected chi connectivity index (χ1v) is 9.05. The predicted molar refractivity (Wildman–Crippen MR) is 99.6 cm³/mol. The molecule has 0 spiro atoms. The summed E-state index contributed by atoms with van der Waals surface area (Å²) in [5.74, 6) is 1.44. The van der Waals surface area contributed by atoms with Crippen LogP contribution in [0.4, 0.5) is 0 Å². The first-order valence-electron chi connectivity index (χ1n) is 9.05. The van der Waals surface area contributed by atoms with E-state index in [9.17, 15) is 4.79 Å². The molecule has 3 N–H and O–H groups in total. The number of imidazole rings is 1. The fourth-order valence-electron chi connectivity index (χ4n) is 3.42. The van der Waals surface area contributed by atoms with Gasteiger partial charge in [-0.15, -0.1) is 0 Å². The summed E-state index contributed by atoms with van der Waals surface area (Å²) < 4.78 is 7.42. The molecule has 1 aromatic carbocycles. The number of methoxy groups -OCH3 is 1. The first-order chi connectivity index (χ1) is 12.6. The number of aryl methyl sites for hydroxylation is 1. The molecule has 1 aliphatic heterocycles. The summed E-state index contributed by atoms with van der Waals surface area (Å²) in [5, 5.41) is 3.15. The number of aromatic nitrogens is 2. The van der Waals surface area contributed by atoms with Crippen LogP contribution in [-0.4, -0.2) is 34.7 Å². The average molecular weight is 357 g/mol. The van der Waals surface area contributed by atoms with Crippen molar-refractivity contribution < 1.29 is 9.53 Å². The highest BCUT2D eigenvalue weighted by Crippen LogP contribution is 2.29. The molecule has 1 aliphatic rings. The summed E-state index contributed by atoms with van der Waals surface area (Å²) in [6.45, 7) is 2.15. The van der Waals surface area contributed by atoms with Crippen molar-refractivity contribution in [3.8, 4) is 5.75 Å². The van der Waals surface area contributed by atoms with Crippen LogP contribution in [0, 0.1) is 0 Å². The van der Waals surface area contributed by atoms with Crippen molar-refractivity contribution in [3.05, 3.63) is 48.0 Å². The summed E-state index contributed by atoms with van der Waals surface area (Å²) in [4.78, 5) is 17.3. The quantitative estimate of drug-likeness (QED) is 0.702. The standard InChI is InChI=1S/C19H27N5O2/c1-4-7-13-12-15(23-22-13)19(25)21-17(18-20-10-11-24(18)2)14-8-5-6-9-16(14)26-3/h5-6,8-11,13,15,17,22-23H,4,7,12H2,1-3H3,(H,21,25). The number of hydrogen-bond donors (Lipinski definition) is 3. The molecule has 7 nitrogen and oxygen atoms in total. The van der Waals surface area contributed by atoms with Gasteiger partial charge in [-0.05, 0) is 18.9 Å². The van der Waals surface area contributed by atoms with E-state index in [1.807, 2.05) is 42.1 Å². The van der Waals surface area contributed by atoms with Gasteiger partial charge in [0.15, 0.2) is 0 Å². The molecule has 3 rings (SSSR count). The van der Waals surface area contributed by atoms with Gasteiger partial charge in [0.05, 0.1) is 7.11 Å². The second kappa shape index (κ2) is 8.33. The maximum Gasteiger partial charge on any atom is 0.239 e. The summed E-state index contributed by atoms with van der Waals surface area (Å²) in [5.41, 5.74) is 7.21. The first kappa shape index (κ1) is 18.4. The van der Waals surface area contributed by atoms with Crippen LogP contribution in [0.15, 0.2) is 36.7 Å². The molecule has 0 bridgehead atoms. The van der Waals surface area contributed by atoms with Crippen molar-refractivity contribution in [2.45, 2.75) is 44.3 Å². The number of nitrogens with one attached hydrogen (secondary N) is 3. The molecule has 0 saturated carbocycles. The minimum absolute atomic E-state index is 0.0463. The zero-order valence-electron chi connectivity index (χ0n) is 15.5. The highest BCUT2D eigenvalue weighted by atomic mass is 16.5. The van der Waals surface area contributed by atoms with Crippen molar-refractivity contribution in [1.29, 1.82) is 0 Å². The zero-order chi connectivity index (χ0) is 18.5. The fourth-order valence-corrected chi connectivity index (χ4v) is 3.42. The topological polar surface area (TPSA) is 80.2 Å². The second-order valence-electron chi connectivity index (χ2n) is 6.64. The van der Waals surface area contributed by atoms with E-state index >= 15 is 0 Å². The Hall–Kier alpha value is -2.38. The highest BCUT2D eigenvalue weighted by Gasteiger charge is 2.32. The molecule has 140 valence electrons. The molecule has 2 aromatic rings. The van der Waals surface area contributed by atoms with E-state index < -0.39 is 0 Å². The third kappa shape index (κ3) is 3.89. The van der Waals surface area contributed by atoms with Gasteiger partial charge in [0.1, 0.15) is 23.7 Å². The maximum atomic E-state index is 12.9. The monoisotopic (exact) mass is 357 g/mol. The largest absolute Gasteiger partial charge is 0.496 e. The van der Waals surface area contributed by atoms with Gasteiger partial charge in [-0.25, -0.2) is 10.4 Å². The van der Waals surface area contributed by atoms with E-state index in [1.165, 1.54) is 0 Å². The Kier molecular flexibility index (Phi) is 5.90. The van der Waals surface area contributed by atoms with E-state index in [0.29, 0.717) is 6.04 Å². The molecule has 2 heterocycles. The van der Waals surface area contributed by atoms with Crippen molar-refractivity contribution in [3.63, 3.8) is 0 Å². The Morgan fingerprint density at radius 3 is 2.92 bits per heavy atom. The number of carbonyl (C=O) groups excluding carboxylic acids is 1.